The van der Waals surface area contributed by atoms with E-state index < -0.39 is 0 Å². The molecule has 0 aliphatic carbocycles. The number of nitrogens with one attached hydrogen (secondary N) is 1. The summed E-state index contributed by atoms with van der Waals surface area (Å²) in [7, 11) is 0. The minimum Gasteiger partial charge on any atom is -0.375 e. The lowest BCUT2D eigenvalue weighted by Gasteiger charge is -2.33. The summed E-state index contributed by atoms with van der Waals surface area (Å²) in [5, 5.41) is 3.15. The fraction of sp³-hybridized carbons (Fsp3) is 0.882. The van der Waals surface area contributed by atoms with Crippen LogP contribution < -0.4 is 5.32 Å². The average molecular weight is 299 g/mol. The van der Waals surface area contributed by atoms with Gasteiger partial charge in [-0.15, -0.1) is 0 Å². The van der Waals surface area contributed by atoms with Crippen molar-refractivity contribution in [3.63, 3.8) is 0 Å². The molecule has 124 valence electrons. The van der Waals surface area contributed by atoms with Crippen LogP contribution in [0.3, 0.4) is 0 Å². The van der Waals surface area contributed by atoms with Gasteiger partial charge < -0.3 is 14.8 Å². The second-order valence-corrected chi connectivity index (χ2v) is 6.78. The quantitative estimate of drug-likeness (QED) is 0.594. The highest BCUT2D eigenvalue weighted by Gasteiger charge is 2.27. The van der Waals surface area contributed by atoms with Crippen molar-refractivity contribution < 1.29 is 14.3 Å². The molecule has 0 rings (SSSR count). The van der Waals surface area contributed by atoms with Crippen LogP contribution in [0, 0.1) is 5.92 Å². The third-order valence-electron chi connectivity index (χ3n) is 4.28. The molecular formula is C17H33NO3. The second-order valence-electron chi connectivity index (χ2n) is 6.78. The third kappa shape index (κ3) is 8.20. The van der Waals surface area contributed by atoms with Crippen molar-refractivity contribution in [1.82, 2.24) is 5.32 Å². The molecule has 0 saturated carbocycles. The van der Waals surface area contributed by atoms with Gasteiger partial charge in [0.15, 0.2) is 0 Å². The summed E-state index contributed by atoms with van der Waals surface area (Å²) in [6, 6.07) is 0. The van der Waals surface area contributed by atoms with E-state index in [2.05, 4.69) is 19.2 Å². The summed E-state index contributed by atoms with van der Waals surface area (Å²) in [6.45, 7) is 12.7. The highest BCUT2D eigenvalue weighted by atomic mass is 16.5. The summed E-state index contributed by atoms with van der Waals surface area (Å²) in [6.07, 6.45) is 4.65. The molecular weight excluding hydrogens is 266 g/mol. The minimum absolute atomic E-state index is 0.0424. The van der Waals surface area contributed by atoms with Gasteiger partial charge in [0.05, 0.1) is 5.60 Å². The van der Waals surface area contributed by atoms with Gasteiger partial charge >= 0.3 is 0 Å². The molecule has 1 amide bonds. The van der Waals surface area contributed by atoms with E-state index in [0.29, 0.717) is 13.0 Å². The van der Waals surface area contributed by atoms with E-state index in [1.54, 1.807) is 0 Å². The van der Waals surface area contributed by atoms with Crippen molar-refractivity contribution in [2.45, 2.75) is 84.8 Å². The Hall–Kier alpha value is -0.900. The maximum Gasteiger partial charge on any atom is 0.223 e. The number of hydrogen-bond acceptors (Lipinski definition) is 3. The first-order chi connectivity index (χ1) is 9.69. The minimum atomic E-state index is -0.295. The van der Waals surface area contributed by atoms with Gasteiger partial charge in [-0.1, -0.05) is 20.8 Å². The first-order valence-corrected chi connectivity index (χ1v) is 8.09. The second kappa shape index (κ2) is 9.19. The van der Waals surface area contributed by atoms with Gasteiger partial charge in [-0.3, -0.25) is 4.79 Å². The molecule has 0 fully saturated rings. The zero-order valence-corrected chi connectivity index (χ0v) is 14.6. The lowest BCUT2D eigenvalue weighted by atomic mass is 9.93. The molecule has 21 heavy (non-hydrogen) atoms. The highest BCUT2D eigenvalue weighted by molar-refractivity contribution is 5.78. The average Bonchev–Trinajstić information content (AvgIpc) is 2.43. The Morgan fingerprint density at radius 3 is 2.33 bits per heavy atom. The SMILES string of the molecule is CCC(C)C(=O)NC(C)(CC)CCOC(C)(C)CCC=O. The van der Waals surface area contributed by atoms with Gasteiger partial charge in [0, 0.05) is 24.5 Å². The van der Waals surface area contributed by atoms with E-state index in [9.17, 15) is 9.59 Å². The van der Waals surface area contributed by atoms with Gasteiger partial charge in [-0.25, -0.2) is 0 Å². The molecule has 0 saturated heterocycles. The first kappa shape index (κ1) is 20.1. The molecule has 4 heteroatoms. The Morgan fingerprint density at radius 2 is 1.86 bits per heavy atom. The van der Waals surface area contributed by atoms with E-state index >= 15 is 0 Å². The molecule has 0 aromatic rings. The molecule has 0 bridgehead atoms. The van der Waals surface area contributed by atoms with Crippen LogP contribution in [-0.2, 0) is 14.3 Å². The van der Waals surface area contributed by atoms with Crippen molar-refractivity contribution >= 4 is 12.2 Å². The monoisotopic (exact) mass is 299 g/mol. The van der Waals surface area contributed by atoms with E-state index in [1.165, 1.54) is 0 Å². The molecule has 1 N–H and O–H groups in total. The van der Waals surface area contributed by atoms with Crippen LogP contribution in [0.2, 0.25) is 0 Å². The van der Waals surface area contributed by atoms with Crippen molar-refractivity contribution in [3.8, 4) is 0 Å². The largest absolute Gasteiger partial charge is 0.375 e. The lowest BCUT2D eigenvalue weighted by molar-refractivity contribution is -0.127. The predicted molar refractivity (Wildman–Crippen MR) is 86.2 cm³/mol. The van der Waals surface area contributed by atoms with Crippen LogP contribution in [-0.4, -0.2) is 29.9 Å². The molecule has 4 nitrogen and oxygen atoms in total. The van der Waals surface area contributed by atoms with Gasteiger partial charge in [0.2, 0.25) is 5.91 Å². The van der Waals surface area contributed by atoms with E-state index in [-0.39, 0.29) is 23.0 Å². The maximum absolute atomic E-state index is 12.1. The van der Waals surface area contributed by atoms with E-state index in [4.69, 9.17) is 4.74 Å². The Bertz CT molecular complexity index is 328. The Labute approximate surface area is 130 Å². The van der Waals surface area contributed by atoms with E-state index in [1.807, 2.05) is 27.7 Å². The lowest BCUT2D eigenvalue weighted by Crippen LogP contribution is -2.48. The van der Waals surface area contributed by atoms with Crippen molar-refractivity contribution in [1.29, 1.82) is 0 Å². The highest BCUT2D eigenvalue weighted by Crippen LogP contribution is 2.20. The Morgan fingerprint density at radius 1 is 1.24 bits per heavy atom. The molecule has 2 unspecified atom stereocenters. The predicted octanol–water partition coefficient (Wildman–Crippen LogP) is 3.48. The third-order valence-corrected chi connectivity index (χ3v) is 4.28. The first-order valence-electron chi connectivity index (χ1n) is 8.09. The zero-order valence-electron chi connectivity index (χ0n) is 14.6. The summed E-state index contributed by atoms with van der Waals surface area (Å²) in [4.78, 5) is 22.5. The van der Waals surface area contributed by atoms with Gasteiger partial charge in [0.1, 0.15) is 6.29 Å². The zero-order chi connectivity index (χ0) is 16.5. The van der Waals surface area contributed by atoms with Crippen LogP contribution in [0.1, 0.15) is 73.6 Å². The van der Waals surface area contributed by atoms with Crippen LogP contribution in [0.4, 0.5) is 0 Å². The van der Waals surface area contributed by atoms with Crippen molar-refractivity contribution in [2.24, 2.45) is 5.92 Å². The van der Waals surface area contributed by atoms with Gasteiger partial charge in [0.25, 0.3) is 0 Å². The van der Waals surface area contributed by atoms with Crippen LogP contribution in [0.5, 0.6) is 0 Å². The number of carbonyl (C=O) groups excluding carboxylic acids is 2. The van der Waals surface area contributed by atoms with Crippen LogP contribution in [0.25, 0.3) is 0 Å². The number of hydrogen-bond donors (Lipinski definition) is 1. The molecule has 0 aliphatic heterocycles. The number of amides is 1. The molecule has 2 atom stereocenters. The molecule has 0 heterocycles. The summed E-state index contributed by atoms with van der Waals surface area (Å²) in [5.74, 6) is 0.155. The van der Waals surface area contributed by atoms with Crippen LogP contribution in [0.15, 0.2) is 0 Å². The number of carbonyl (C=O) groups is 2. The van der Waals surface area contributed by atoms with Crippen molar-refractivity contribution in [3.05, 3.63) is 0 Å². The Kier molecular flexibility index (Phi) is 8.79. The number of aldehydes is 1. The number of rotatable bonds is 11. The fourth-order valence-corrected chi connectivity index (χ4v) is 1.96. The molecule has 0 spiro atoms. The standard InChI is InChI=1S/C17H33NO3/c1-7-14(3)15(20)18-17(6,8-2)11-13-21-16(4,5)10-9-12-19/h12,14H,7-11,13H2,1-6H3,(H,18,20). The molecule has 0 aliphatic rings. The van der Waals surface area contributed by atoms with Gasteiger partial charge in [-0.05, 0) is 46.5 Å². The summed E-state index contributed by atoms with van der Waals surface area (Å²) in [5.41, 5.74) is -0.530. The Balaban J connectivity index is 4.36. The fourth-order valence-electron chi connectivity index (χ4n) is 1.96. The smallest absolute Gasteiger partial charge is 0.223 e. The van der Waals surface area contributed by atoms with E-state index in [0.717, 1.165) is 32.0 Å². The van der Waals surface area contributed by atoms with Crippen LogP contribution >= 0.6 is 0 Å². The normalized spacial score (nSPS) is 16.1. The topological polar surface area (TPSA) is 55.4 Å². The number of ether oxygens (including phenoxy) is 1. The molecule has 0 aromatic carbocycles. The maximum atomic E-state index is 12.1. The molecule has 0 radical (unpaired) electrons. The van der Waals surface area contributed by atoms with Gasteiger partial charge in [-0.2, -0.15) is 0 Å². The summed E-state index contributed by atoms with van der Waals surface area (Å²) >= 11 is 0. The molecule has 0 aromatic heterocycles. The summed E-state index contributed by atoms with van der Waals surface area (Å²) < 4.78 is 5.89. The van der Waals surface area contributed by atoms with Crippen molar-refractivity contribution in [2.75, 3.05) is 6.61 Å².